The van der Waals surface area contributed by atoms with Crippen molar-refractivity contribution in [3.63, 3.8) is 0 Å². The normalized spacial score (nSPS) is 12.2. The number of carbonyl (C=O) groups is 1. The van der Waals surface area contributed by atoms with Gasteiger partial charge in [0.05, 0.1) is 12.2 Å². The monoisotopic (exact) mass is 252 g/mol. The molecule has 2 N–H and O–H groups in total. The molecule has 2 rings (SSSR count). The number of carbonyl (C=O) groups excluding carboxylic acids is 1. The number of halogens is 2. The Hall–Kier alpha value is -2.31. The number of benzene rings is 1. The highest BCUT2D eigenvalue weighted by molar-refractivity contribution is 5.92. The van der Waals surface area contributed by atoms with Crippen LogP contribution in [0.1, 0.15) is 29.0 Å². The fourth-order valence-electron chi connectivity index (χ4n) is 1.51. The second kappa shape index (κ2) is 4.91. The molecule has 0 radical (unpaired) electrons. The second-order valence-electron chi connectivity index (χ2n) is 3.72. The molecule has 0 aliphatic heterocycles. The van der Waals surface area contributed by atoms with Gasteiger partial charge in [0.25, 0.3) is 5.91 Å². The highest BCUT2D eigenvalue weighted by Gasteiger charge is 2.16. The highest BCUT2D eigenvalue weighted by Crippen LogP contribution is 2.17. The van der Waals surface area contributed by atoms with E-state index < -0.39 is 23.6 Å². The van der Waals surface area contributed by atoms with E-state index in [1.165, 1.54) is 12.3 Å². The Morgan fingerprint density at radius 2 is 2.22 bits per heavy atom. The van der Waals surface area contributed by atoms with Crippen LogP contribution in [0.5, 0.6) is 0 Å². The molecule has 1 amide bonds. The Kier molecular flexibility index (Phi) is 3.31. The quantitative estimate of drug-likeness (QED) is 0.871. The van der Waals surface area contributed by atoms with E-state index in [1.54, 1.807) is 6.92 Å². The van der Waals surface area contributed by atoms with E-state index in [0.29, 0.717) is 0 Å². The Morgan fingerprint density at radius 3 is 2.83 bits per heavy atom. The van der Waals surface area contributed by atoms with E-state index in [2.05, 4.69) is 20.7 Å². The predicted octanol–water partition coefficient (Wildman–Crippen LogP) is 1.57. The average Bonchev–Trinajstić information content (AvgIpc) is 2.81. The lowest BCUT2D eigenvalue weighted by atomic mass is 10.1. The van der Waals surface area contributed by atoms with E-state index in [9.17, 15) is 13.6 Å². The molecule has 0 aliphatic rings. The number of hydrogen-bond acceptors (Lipinski definition) is 3. The minimum absolute atomic E-state index is 0.101. The highest BCUT2D eigenvalue weighted by atomic mass is 19.1. The molecule has 1 atom stereocenters. The van der Waals surface area contributed by atoms with Crippen molar-refractivity contribution >= 4 is 5.91 Å². The van der Waals surface area contributed by atoms with Crippen LogP contribution < -0.4 is 5.32 Å². The topological polar surface area (TPSA) is 70.7 Å². The van der Waals surface area contributed by atoms with Crippen LogP contribution in [-0.4, -0.2) is 21.3 Å². The molecule has 94 valence electrons. The molecule has 1 unspecified atom stereocenters. The molecule has 7 heteroatoms. The van der Waals surface area contributed by atoms with Gasteiger partial charge in [0, 0.05) is 11.6 Å². The number of amides is 1. The lowest BCUT2D eigenvalue weighted by Crippen LogP contribution is -2.27. The number of hydrogen-bond donors (Lipinski definition) is 2. The molecule has 0 saturated carbocycles. The average molecular weight is 252 g/mol. The van der Waals surface area contributed by atoms with Crippen molar-refractivity contribution in [2.45, 2.75) is 13.0 Å². The molecule has 1 aromatic heterocycles. The van der Waals surface area contributed by atoms with Gasteiger partial charge >= 0.3 is 0 Å². The molecule has 0 saturated heterocycles. The number of nitrogens with one attached hydrogen (secondary N) is 2. The van der Waals surface area contributed by atoms with Crippen molar-refractivity contribution < 1.29 is 13.6 Å². The standard InChI is InChI=1S/C11H10F2N4O/c1-6(8-3-2-7(12)4-9(8)13)15-11(18)10-5-14-17-16-10/h2-6H,1H3,(H,15,18)(H,14,16,17). The van der Waals surface area contributed by atoms with E-state index in [1.807, 2.05) is 0 Å². The molecular formula is C11H10F2N4O. The number of H-pyrrole nitrogens is 1. The van der Waals surface area contributed by atoms with Crippen molar-refractivity contribution in [2.75, 3.05) is 0 Å². The van der Waals surface area contributed by atoms with Crippen LogP contribution in [0, 0.1) is 11.6 Å². The number of aromatic amines is 1. The van der Waals surface area contributed by atoms with E-state index >= 15 is 0 Å². The number of nitrogens with zero attached hydrogens (tertiary/aromatic N) is 2. The van der Waals surface area contributed by atoms with Gasteiger partial charge in [0.1, 0.15) is 11.6 Å². The molecule has 2 aromatic rings. The molecule has 0 spiro atoms. The summed E-state index contributed by atoms with van der Waals surface area (Å²) in [6.07, 6.45) is 1.25. The third kappa shape index (κ3) is 2.50. The first-order valence-electron chi connectivity index (χ1n) is 5.19. The van der Waals surface area contributed by atoms with Crippen LogP contribution in [-0.2, 0) is 0 Å². The molecule has 5 nitrogen and oxygen atoms in total. The van der Waals surface area contributed by atoms with Crippen molar-refractivity contribution in [2.24, 2.45) is 0 Å². The minimum atomic E-state index is -0.706. The first-order valence-corrected chi connectivity index (χ1v) is 5.19. The lowest BCUT2D eigenvalue weighted by molar-refractivity contribution is 0.0934. The first kappa shape index (κ1) is 12.2. The summed E-state index contributed by atoms with van der Waals surface area (Å²) in [5.41, 5.74) is 0.303. The lowest BCUT2D eigenvalue weighted by Gasteiger charge is -2.14. The maximum absolute atomic E-state index is 13.5. The van der Waals surface area contributed by atoms with Crippen LogP contribution in [0.3, 0.4) is 0 Å². The summed E-state index contributed by atoms with van der Waals surface area (Å²) in [5.74, 6) is -1.85. The van der Waals surface area contributed by atoms with Crippen LogP contribution >= 0.6 is 0 Å². The summed E-state index contributed by atoms with van der Waals surface area (Å²) in [6, 6.07) is 2.60. The molecular weight excluding hydrogens is 242 g/mol. The van der Waals surface area contributed by atoms with Crippen molar-refractivity contribution in [1.82, 2.24) is 20.7 Å². The SMILES string of the molecule is CC(NC(=O)c1cn[nH]n1)c1ccc(F)cc1F. The molecule has 18 heavy (non-hydrogen) atoms. The number of rotatable bonds is 3. The summed E-state index contributed by atoms with van der Waals surface area (Å²) in [4.78, 5) is 11.6. The van der Waals surface area contributed by atoms with Gasteiger partial charge in [-0.2, -0.15) is 15.4 Å². The minimum Gasteiger partial charge on any atom is -0.344 e. The fourth-order valence-corrected chi connectivity index (χ4v) is 1.51. The van der Waals surface area contributed by atoms with E-state index in [0.717, 1.165) is 12.1 Å². The zero-order chi connectivity index (χ0) is 13.1. The molecule has 0 fully saturated rings. The molecule has 0 bridgehead atoms. The predicted molar refractivity (Wildman–Crippen MR) is 58.6 cm³/mol. The van der Waals surface area contributed by atoms with Crippen LogP contribution in [0.15, 0.2) is 24.4 Å². The largest absolute Gasteiger partial charge is 0.344 e. The maximum Gasteiger partial charge on any atom is 0.273 e. The van der Waals surface area contributed by atoms with Crippen LogP contribution in [0.25, 0.3) is 0 Å². The fraction of sp³-hybridized carbons (Fsp3) is 0.182. The zero-order valence-electron chi connectivity index (χ0n) is 9.45. The number of aromatic nitrogens is 3. The summed E-state index contributed by atoms with van der Waals surface area (Å²) >= 11 is 0. The summed E-state index contributed by atoms with van der Waals surface area (Å²) in [7, 11) is 0. The van der Waals surface area contributed by atoms with Crippen molar-refractivity contribution in [1.29, 1.82) is 0 Å². The Balaban J connectivity index is 2.12. The van der Waals surface area contributed by atoms with Crippen LogP contribution in [0.4, 0.5) is 8.78 Å². The third-order valence-electron chi connectivity index (χ3n) is 2.42. The van der Waals surface area contributed by atoms with E-state index in [4.69, 9.17) is 0 Å². The Morgan fingerprint density at radius 1 is 1.44 bits per heavy atom. The summed E-state index contributed by atoms with van der Waals surface area (Å²) in [5, 5.41) is 11.9. The van der Waals surface area contributed by atoms with Gasteiger partial charge < -0.3 is 5.32 Å². The Labute approximate surface area is 101 Å². The van der Waals surface area contributed by atoms with Gasteiger partial charge in [-0.15, -0.1) is 0 Å². The molecule has 1 aromatic carbocycles. The Bertz CT molecular complexity index is 556. The molecule has 1 heterocycles. The van der Waals surface area contributed by atoms with Gasteiger partial charge in [-0.3, -0.25) is 4.79 Å². The first-order chi connectivity index (χ1) is 8.58. The third-order valence-corrected chi connectivity index (χ3v) is 2.42. The van der Waals surface area contributed by atoms with Crippen molar-refractivity contribution in [3.05, 3.63) is 47.3 Å². The van der Waals surface area contributed by atoms with Gasteiger partial charge in [0.15, 0.2) is 5.69 Å². The van der Waals surface area contributed by atoms with Gasteiger partial charge in [-0.05, 0) is 13.0 Å². The second-order valence-corrected chi connectivity index (χ2v) is 3.72. The summed E-state index contributed by atoms with van der Waals surface area (Å²) in [6.45, 7) is 1.59. The van der Waals surface area contributed by atoms with Crippen LogP contribution in [0.2, 0.25) is 0 Å². The van der Waals surface area contributed by atoms with E-state index in [-0.39, 0.29) is 11.3 Å². The van der Waals surface area contributed by atoms with Gasteiger partial charge in [-0.25, -0.2) is 8.78 Å². The summed E-state index contributed by atoms with van der Waals surface area (Å²) < 4.78 is 26.2. The van der Waals surface area contributed by atoms with Gasteiger partial charge in [0.2, 0.25) is 0 Å². The smallest absolute Gasteiger partial charge is 0.273 e. The zero-order valence-corrected chi connectivity index (χ0v) is 9.45. The maximum atomic E-state index is 13.5. The molecule has 0 aliphatic carbocycles. The van der Waals surface area contributed by atoms with Gasteiger partial charge in [-0.1, -0.05) is 6.07 Å². The van der Waals surface area contributed by atoms with Crippen molar-refractivity contribution in [3.8, 4) is 0 Å².